The smallest absolute Gasteiger partial charge is 0.332 e. The maximum absolute atomic E-state index is 10.6. The minimum Gasteiger partial charge on any atom is -0.478 e. The van der Waals surface area contributed by atoms with E-state index in [1.54, 1.807) is 0 Å². The summed E-state index contributed by atoms with van der Waals surface area (Å²) in [6.07, 6.45) is -0.175. The highest BCUT2D eigenvalue weighted by Crippen LogP contribution is 2.14. The molecular formula is C6H9ClO5S. The first-order chi connectivity index (χ1) is 5.80. The van der Waals surface area contributed by atoms with E-state index in [-0.39, 0.29) is 12.3 Å². The molecule has 0 spiro atoms. The predicted octanol–water partition coefficient (Wildman–Crippen LogP) is 0.512. The van der Waals surface area contributed by atoms with Crippen molar-refractivity contribution in [3.05, 3.63) is 12.2 Å². The zero-order valence-corrected chi connectivity index (χ0v) is 8.18. The molecule has 7 heteroatoms. The van der Waals surface area contributed by atoms with E-state index >= 15 is 0 Å². The van der Waals surface area contributed by atoms with Crippen LogP contribution in [0.25, 0.3) is 0 Å². The van der Waals surface area contributed by atoms with E-state index in [0.717, 1.165) is 0 Å². The lowest BCUT2D eigenvalue weighted by molar-refractivity contribution is -0.132. The zero-order chi connectivity index (χ0) is 10.6. The van der Waals surface area contributed by atoms with Crippen molar-refractivity contribution in [1.82, 2.24) is 0 Å². The first-order valence-electron chi connectivity index (χ1n) is 3.25. The minimum atomic E-state index is -4.44. The lowest BCUT2D eigenvalue weighted by Gasteiger charge is -2.11. The minimum absolute atomic E-state index is 0.0727. The number of carboxylic acid groups (broad SMARTS) is 1. The summed E-state index contributed by atoms with van der Waals surface area (Å²) in [6.45, 7) is 3.04. The third kappa shape index (κ3) is 3.75. The fourth-order valence-electron chi connectivity index (χ4n) is 0.740. The van der Waals surface area contributed by atoms with Gasteiger partial charge in [-0.1, -0.05) is 6.58 Å². The molecule has 13 heavy (non-hydrogen) atoms. The molecule has 1 unspecified atom stereocenters. The Bertz CT molecular complexity index is 307. The number of hydrogen-bond acceptors (Lipinski definition) is 3. The van der Waals surface area contributed by atoms with E-state index in [4.69, 9.17) is 21.3 Å². The van der Waals surface area contributed by atoms with Crippen LogP contribution in [-0.2, 0) is 14.9 Å². The standard InChI is InChI=1S/C6H9ClO5S/c1-4(6(8)9)5(2-3-7)13(10,11)12/h5H,1-3H2,(H,8,9)(H,10,11,12). The first-order valence-corrected chi connectivity index (χ1v) is 5.28. The lowest BCUT2D eigenvalue weighted by atomic mass is 10.2. The highest BCUT2D eigenvalue weighted by atomic mass is 35.5. The molecule has 0 aromatic heterocycles. The molecule has 0 aromatic carbocycles. The van der Waals surface area contributed by atoms with Crippen LogP contribution in [0, 0.1) is 0 Å². The van der Waals surface area contributed by atoms with Crippen molar-refractivity contribution < 1.29 is 22.9 Å². The van der Waals surface area contributed by atoms with Gasteiger partial charge >= 0.3 is 5.97 Å². The summed E-state index contributed by atoms with van der Waals surface area (Å²) in [7, 11) is -4.44. The second-order valence-electron chi connectivity index (χ2n) is 2.31. The summed E-state index contributed by atoms with van der Waals surface area (Å²) in [5.74, 6) is -1.54. The Kier molecular flexibility index (Phi) is 4.38. The van der Waals surface area contributed by atoms with Crippen molar-refractivity contribution in [3.8, 4) is 0 Å². The molecule has 76 valence electrons. The molecule has 5 nitrogen and oxygen atoms in total. The number of alkyl halides is 1. The molecule has 0 radical (unpaired) electrons. The van der Waals surface area contributed by atoms with Crippen molar-refractivity contribution in [2.24, 2.45) is 0 Å². The summed E-state index contributed by atoms with van der Waals surface area (Å²) in [5, 5.41) is 6.90. The molecule has 0 aliphatic rings. The van der Waals surface area contributed by atoms with Crippen LogP contribution in [0.4, 0.5) is 0 Å². The molecule has 0 aliphatic heterocycles. The molecule has 2 N–H and O–H groups in total. The van der Waals surface area contributed by atoms with Crippen molar-refractivity contribution in [3.63, 3.8) is 0 Å². The van der Waals surface area contributed by atoms with Gasteiger partial charge < -0.3 is 5.11 Å². The Morgan fingerprint density at radius 1 is 1.54 bits per heavy atom. The summed E-state index contributed by atoms with van der Waals surface area (Å²) in [6, 6.07) is 0. The van der Waals surface area contributed by atoms with E-state index in [0.29, 0.717) is 0 Å². The van der Waals surface area contributed by atoms with Crippen molar-refractivity contribution in [2.45, 2.75) is 11.7 Å². The van der Waals surface area contributed by atoms with Crippen LogP contribution >= 0.6 is 11.6 Å². The van der Waals surface area contributed by atoms with Crippen LogP contribution in [0.15, 0.2) is 12.2 Å². The molecule has 0 aliphatic carbocycles. The fourth-order valence-corrected chi connectivity index (χ4v) is 1.96. The second kappa shape index (κ2) is 4.59. The van der Waals surface area contributed by atoms with E-state index in [2.05, 4.69) is 6.58 Å². The number of carboxylic acids is 1. The van der Waals surface area contributed by atoms with Crippen LogP contribution in [0.5, 0.6) is 0 Å². The third-order valence-electron chi connectivity index (χ3n) is 1.39. The largest absolute Gasteiger partial charge is 0.478 e. The summed E-state index contributed by atoms with van der Waals surface area (Å²) >= 11 is 5.24. The Labute approximate surface area is 80.8 Å². The van der Waals surface area contributed by atoms with E-state index in [1.165, 1.54) is 0 Å². The molecule has 0 saturated heterocycles. The van der Waals surface area contributed by atoms with Gasteiger partial charge in [0.1, 0.15) is 5.25 Å². The van der Waals surface area contributed by atoms with Gasteiger partial charge in [-0.25, -0.2) is 4.79 Å². The highest BCUT2D eigenvalue weighted by molar-refractivity contribution is 7.86. The molecule has 0 saturated carbocycles. The van der Waals surface area contributed by atoms with Crippen molar-refractivity contribution in [2.75, 3.05) is 5.88 Å². The van der Waals surface area contributed by atoms with Crippen LogP contribution in [-0.4, -0.2) is 35.2 Å². The van der Waals surface area contributed by atoms with Crippen molar-refractivity contribution >= 4 is 27.7 Å². The van der Waals surface area contributed by atoms with Crippen molar-refractivity contribution in [1.29, 1.82) is 0 Å². The second-order valence-corrected chi connectivity index (χ2v) is 4.29. The maximum Gasteiger partial charge on any atom is 0.332 e. The fraction of sp³-hybridized carbons (Fsp3) is 0.500. The zero-order valence-electron chi connectivity index (χ0n) is 6.60. The molecule has 0 amide bonds. The number of rotatable bonds is 5. The molecule has 0 aromatic rings. The normalized spacial score (nSPS) is 13.7. The van der Waals surface area contributed by atoms with Gasteiger partial charge in [0.25, 0.3) is 10.1 Å². The number of aliphatic carboxylic acids is 1. The quantitative estimate of drug-likeness (QED) is 0.407. The SMILES string of the molecule is C=C(C(=O)O)C(CCCl)S(=O)(=O)O. The monoisotopic (exact) mass is 228 g/mol. The molecule has 0 bridgehead atoms. The summed E-state index contributed by atoms with van der Waals surface area (Å²) in [4.78, 5) is 10.3. The van der Waals surface area contributed by atoms with Crippen LogP contribution in [0.2, 0.25) is 0 Å². The highest BCUT2D eigenvalue weighted by Gasteiger charge is 2.29. The van der Waals surface area contributed by atoms with Gasteiger partial charge in [0.2, 0.25) is 0 Å². The molecular weight excluding hydrogens is 220 g/mol. The Morgan fingerprint density at radius 2 is 2.00 bits per heavy atom. The predicted molar refractivity (Wildman–Crippen MR) is 47.4 cm³/mol. The van der Waals surface area contributed by atoms with Gasteiger partial charge in [0.15, 0.2) is 0 Å². The Balaban J connectivity index is 4.83. The Morgan fingerprint density at radius 3 is 2.23 bits per heavy atom. The molecule has 1 atom stereocenters. The average Bonchev–Trinajstić information content (AvgIpc) is 1.96. The number of hydrogen-bond donors (Lipinski definition) is 2. The number of carbonyl (C=O) groups is 1. The van der Waals surface area contributed by atoms with Gasteiger partial charge in [-0.2, -0.15) is 8.42 Å². The van der Waals surface area contributed by atoms with Gasteiger partial charge in [-0.15, -0.1) is 11.6 Å². The average molecular weight is 229 g/mol. The molecule has 0 rings (SSSR count). The van der Waals surface area contributed by atoms with E-state index < -0.39 is 26.9 Å². The first kappa shape index (κ1) is 12.4. The molecule has 0 heterocycles. The van der Waals surface area contributed by atoms with E-state index in [9.17, 15) is 13.2 Å². The Hall–Kier alpha value is -0.590. The summed E-state index contributed by atoms with van der Waals surface area (Å²) < 4.78 is 29.9. The van der Waals surface area contributed by atoms with Gasteiger partial charge in [-0.05, 0) is 6.42 Å². The number of halogens is 1. The van der Waals surface area contributed by atoms with Crippen LogP contribution in [0.1, 0.15) is 6.42 Å². The van der Waals surface area contributed by atoms with Gasteiger partial charge in [0.05, 0.1) is 5.57 Å². The van der Waals surface area contributed by atoms with E-state index in [1.807, 2.05) is 0 Å². The molecule has 0 fully saturated rings. The van der Waals surface area contributed by atoms with Gasteiger partial charge in [-0.3, -0.25) is 4.55 Å². The van der Waals surface area contributed by atoms with Gasteiger partial charge in [0, 0.05) is 5.88 Å². The lowest BCUT2D eigenvalue weighted by Crippen LogP contribution is -2.26. The van der Waals surface area contributed by atoms with Crippen LogP contribution < -0.4 is 0 Å². The summed E-state index contributed by atoms with van der Waals surface area (Å²) in [5.41, 5.74) is -0.580. The topological polar surface area (TPSA) is 91.7 Å². The van der Waals surface area contributed by atoms with Crippen LogP contribution in [0.3, 0.4) is 0 Å². The maximum atomic E-state index is 10.6. The third-order valence-corrected chi connectivity index (χ3v) is 2.85.